The number of benzene rings is 2. The van der Waals surface area contributed by atoms with E-state index in [2.05, 4.69) is 10.6 Å². The van der Waals surface area contributed by atoms with Crippen molar-refractivity contribution in [3.8, 4) is 0 Å². The Morgan fingerprint density at radius 1 is 1.11 bits per heavy atom. The molecule has 4 heteroatoms. The van der Waals surface area contributed by atoms with Crippen LogP contribution in [0.5, 0.6) is 0 Å². The quantitative estimate of drug-likeness (QED) is 0.802. The molecule has 0 aliphatic rings. The van der Waals surface area contributed by atoms with Gasteiger partial charge >= 0.3 is 6.03 Å². The van der Waals surface area contributed by atoms with Crippen LogP contribution in [0.1, 0.15) is 11.1 Å². The van der Waals surface area contributed by atoms with Crippen molar-refractivity contribution in [3.63, 3.8) is 0 Å². The first-order valence-electron chi connectivity index (χ1n) is 5.97. The highest BCUT2D eigenvalue weighted by Gasteiger charge is 2.05. The molecule has 98 valence electrons. The van der Waals surface area contributed by atoms with Gasteiger partial charge < -0.3 is 10.6 Å². The zero-order valence-electron chi connectivity index (χ0n) is 10.6. The zero-order chi connectivity index (χ0) is 13.7. The highest BCUT2D eigenvalue weighted by atomic mass is 35.5. The molecule has 0 saturated heterocycles. The summed E-state index contributed by atoms with van der Waals surface area (Å²) in [5.74, 6) is 0.362. The molecule has 3 nitrogen and oxygen atoms in total. The molecule has 0 aromatic heterocycles. The summed E-state index contributed by atoms with van der Waals surface area (Å²) >= 11 is 5.82. The molecule has 2 aromatic rings. The number of amides is 2. The van der Waals surface area contributed by atoms with Gasteiger partial charge in [-0.1, -0.05) is 30.3 Å². The van der Waals surface area contributed by atoms with Crippen molar-refractivity contribution in [2.24, 2.45) is 0 Å². The SMILES string of the molecule is Cc1cccc(NC(=O)Nc2ccccc2CCl)c1. The van der Waals surface area contributed by atoms with Crippen LogP contribution in [-0.2, 0) is 5.88 Å². The van der Waals surface area contributed by atoms with E-state index < -0.39 is 0 Å². The number of aryl methyl sites for hydroxylation is 1. The highest BCUT2D eigenvalue weighted by Crippen LogP contribution is 2.17. The maximum Gasteiger partial charge on any atom is 0.323 e. The highest BCUT2D eigenvalue weighted by molar-refractivity contribution is 6.17. The van der Waals surface area contributed by atoms with Gasteiger partial charge in [0.2, 0.25) is 0 Å². The van der Waals surface area contributed by atoms with E-state index in [0.29, 0.717) is 5.88 Å². The molecule has 2 rings (SSSR count). The summed E-state index contributed by atoms with van der Waals surface area (Å²) < 4.78 is 0. The van der Waals surface area contributed by atoms with Crippen molar-refractivity contribution in [1.82, 2.24) is 0 Å². The van der Waals surface area contributed by atoms with Crippen LogP contribution in [0.15, 0.2) is 48.5 Å². The van der Waals surface area contributed by atoms with Crippen LogP contribution in [0.2, 0.25) is 0 Å². The number of anilines is 2. The second-order valence-corrected chi connectivity index (χ2v) is 4.51. The van der Waals surface area contributed by atoms with E-state index in [1.807, 2.05) is 55.5 Å². The fraction of sp³-hybridized carbons (Fsp3) is 0.133. The Morgan fingerprint density at radius 2 is 1.89 bits per heavy atom. The minimum atomic E-state index is -0.275. The van der Waals surface area contributed by atoms with E-state index in [1.54, 1.807) is 0 Å². The Bertz CT molecular complexity index is 584. The van der Waals surface area contributed by atoms with Gasteiger partial charge in [-0.2, -0.15) is 0 Å². The first kappa shape index (κ1) is 13.4. The van der Waals surface area contributed by atoms with Gasteiger partial charge in [-0.15, -0.1) is 11.6 Å². The Kier molecular flexibility index (Phi) is 4.42. The lowest BCUT2D eigenvalue weighted by molar-refractivity contribution is 0.262. The minimum absolute atomic E-state index is 0.275. The van der Waals surface area contributed by atoms with E-state index >= 15 is 0 Å². The monoisotopic (exact) mass is 274 g/mol. The zero-order valence-corrected chi connectivity index (χ0v) is 11.4. The number of urea groups is 1. The summed E-state index contributed by atoms with van der Waals surface area (Å²) in [7, 11) is 0. The van der Waals surface area contributed by atoms with Crippen LogP contribution >= 0.6 is 11.6 Å². The van der Waals surface area contributed by atoms with Gasteiger partial charge in [0, 0.05) is 17.3 Å². The number of carbonyl (C=O) groups is 1. The van der Waals surface area contributed by atoms with Gasteiger partial charge in [0.15, 0.2) is 0 Å². The Hall–Kier alpha value is -2.00. The van der Waals surface area contributed by atoms with E-state index in [1.165, 1.54) is 0 Å². The molecule has 0 radical (unpaired) electrons. The lowest BCUT2D eigenvalue weighted by Gasteiger charge is -2.10. The third-order valence-electron chi connectivity index (χ3n) is 2.69. The van der Waals surface area contributed by atoms with Gasteiger partial charge in [-0.25, -0.2) is 4.79 Å². The summed E-state index contributed by atoms with van der Waals surface area (Å²) in [6.45, 7) is 1.98. The topological polar surface area (TPSA) is 41.1 Å². The Balaban J connectivity index is 2.05. The summed E-state index contributed by atoms with van der Waals surface area (Å²) in [5, 5.41) is 5.58. The minimum Gasteiger partial charge on any atom is -0.308 e. The normalized spacial score (nSPS) is 10.0. The fourth-order valence-corrected chi connectivity index (χ4v) is 2.00. The van der Waals surface area contributed by atoms with Crippen molar-refractivity contribution < 1.29 is 4.79 Å². The first-order valence-corrected chi connectivity index (χ1v) is 6.51. The molecular formula is C15H15ClN2O. The van der Waals surface area contributed by atoms with Crippen LogP contribution < -0.4 is 10.6 Å². The number of para-hydroxylation sites is 1. The molecule has 0 atom stereocenters. The number of halogens is 1. The first-order chi connectivity index (χ1) is 9.19. The Labute approximate surface area is 117 Å². The van der Waals surface area contributed by atoms with Crippen LogP contribution in [0.4, 0.5) is 16.2 Å². The Morgan fingerprint density at radius 3 is 2.63 bits per heavy atom. The molecule has 0 fully saturated rings. The van der Waals surface area contributed by atoms with Crippen LogP contribution in [0, 0.1) is 6.92 Å². The molecule has 0 bridgehead atoms. The van der Waals surface area contributed by atoms with Crippen molar-refractivity contribution in [1.29, 1.82) is 0 Å². The molecule has 2 N–H and O–H groups in total. The average Bonchev–Trinajstić information content (AvgIpc) is 2.39. The average molecular weight is 275 g/mol. The third kappa shape index (κ3) is 3.73. The molecule has 2 amide bonds. The molecule has 0 spiro atoms. The van der Waals surface area contributed by atoms with Gasteiger partial charge in [0.1, 0.15) is 0 Å². The summed E-state index contributed by atoms with van der Waals surface area (Å²) in [4.78, 5) is 11.9. The molecular weight excluding hydrogens is 260 g/mol. The van der Waals surface area contributed by atoms with Gasteiger partial charge in [0.05, 0.1) is 0 Å². The van der Waals surface area contributed by atoms with Crippen molar-refractivity contribution in [3.05, 3.63) is 59.7 Å². The number of hydrogen-bond acceptors (Lipinski definition) is 1. The van der Waals surface area contributed by atoms with Crippen LogP contribution in [0.3, 0.4) is 0 Å². The number of alkyl halides is 1. The molecule has 0 aliphatic heterocycles. The number of hydrogen-bond donors (Lipinski definition) is 2. The molecule has 19 heavy (non-hydrogen) atoms. The molecule has 0 unspecified atom stereocenters. The molecule has 0 heterocycles. The lowest BCUT2D eigenvalue weighted by Crippen LogP contribution is -2.20. The van der Waals surface area contributed by atoms with Crippen molar-refractivity contribution in [2.75, 3.05) is 10.6 Å². The van der Waals surface area contributed by atoms with E-state index in [0.717, 1.165) is 22.5 Å². The lowest BCUT2D eigenvalue weighted by atomic mass is 10.2. The predicted molar refractivity (Wildman–Crippen MR) is 79.8 cm³/mol. The maximum absolute atomic E-state index is 11.9. The second-order valence-electron chi connectivity index (χ2n) is 4.24. The van der Waals surface area contributed by atoms with Crippen molar-refractivity contribution >= 4 is 29.0 Å². The maximum atomic E-state index is 11.9. The van der Waals surface area contributed by atoms with E-state index in [9.17, 15) is 4.79 Å². The summed E-state index contributed by atoms with van der Waals surface area (Å²) in [6.07, 6.45) is 0. The number of rotatable bonds is 3. The summed E-state index contributed by atoms with van der Waals surface area (Å²) in [6, 6.07) is 14.8. The second kappa shape index (κ2) is 6.25. The van der Waals surface area contributed by atoms with E-state index in [-0.39, 0.29) is 6.03 Å². The van der Waals surface area contributed by atoms with Gasteiger partial charge in [-0.3, -0.25) is 0 Å². The largest absolute Gasteiger partial charge is 0.323 e. The predicted octanol–water partition coefficient (Wildman–Crippen LogP) is 4.38. The summed E-state index contributed by atoms with van der Waals surface area (Å²) in [5.41, 5.74) is 3.48. The van der Waals surface area contributed by atoms with Gasteiger partial charge in [-0.05, 0) is 36.2 Å². The number of carbonyl (C=O) groups excluding carboxylic acids is 1. The van der Waals surface area contributed by atoms with Crippen molar-refractivity contribution in [2.45, 2.75) is 12.8 Å². The molecule has 0 aliphatic carbocycles. The van der Waals surface area contributed by atoms with Crippen LogP contribution in [-0.4, -0.2) is 6.03 Å². The van der Waals surface area contributed by atoms with E-state index in [4.69, 9.17) is 11.6 Å². The van der Waals surface area contributed by atoms with Crippen LogP contribution in [0.25, 0.3) is 0 Å². The smallest absolute Gasteiger partial charge is 0.308 e. The molecule has 0 saturated carbocycles. The third-order valence-corrected chi connectivity index (χ3v) is 2.97. The fourth-order valence-electron chi connectivity index (χ4n) is 1.77. The van der Waals surface area contributed by atoms with Gasteiger partial charge in [0.25, 0.3) is 0 Å². The standard InChI is InChI=1S/C15H15ClN2O/c1-11-5-4-7-13(9-11)17-15(19)18-14-8-3-2-6-12(14)10-16/h2-9H,10H2,1H3,(H2,17,18,19). The number of nitrogens with one attached hydrogen (secondary N) is 2. The molecule has 2 aromatic carbocycles.